The first-order valence-electron chi connectivity index (χ1n) is 22.9. The third-order valence-corrected chi connectivity index (χ3v) is 15.3. The van der Waals surface area contributed by atoms with Gasteiger partial charge in [0.25, 0.3) is 0 Å². The van der Waals surface area contributed by atoms with Gasteiger partial charge in [0.1, 0.15) is 11.4 Å². The van der Waals surface area contributed by atoms with E-state index in [1.807, 2.05) is 6.20 Å². The molecule has 10 aromatic rings. The second-order valence-electron chi connectivity index (χ2n) is 18.9. The highest BCUT2D eigenvalue weighted by molar-refractivity contribution is 5.96. The quantitative estimate of drug-likeness (QED) is 0.177. The van der Waals surface area contributed by atoms with Gasteiger partial charge >= 0.3 is 0 Å². The van der Waals surface area contributed by atoms with E-state index in [-0.39, 0.29) is 5.41 Å². The summed E-state index contributed by atoms with van der Waals surface area (Å²) in [6, 6.07) is 69.0. The van der Waals surface area contributed by atoms with Gasteiger partial charge in [-0.05, 0) is 120 Å². The van der Waals surface area contributed by atoms with Gasteiger partial charge in [0.2, 0.25) is 0 Å². The molecule has 0 amide bonds. The van der Waals surface area contributed by atoms with Gasteiger partial charge in [0, 0.05) is 33.9 Å². The van der Waals surface area contributed by atoms with Crippen LogP contribution in [-0.4, -0.2) is 20.2 Å². The molecule has 0 bridgehead atoms. The number of rotatable bonds is 4. The predicted octanol–water partition coefficient (Wildman–Crippen LogP) is 14.3. The van der Waals surface area contributed by atoms with Gasteiger partial charge in [-0.2, -0.15) is 0 Å². The van der Waals surface area contributed by atoms with Crippen molar-refractivity contribution >= 4 is 10.8 Å². The molecule has 0 saturated heterocycles. The molecule has 2 unspecified atom stereocenters. The number of hydrogen-bond donors (Lipinski definition) is 0. The monoisotopic (exact) mass is 830 g/mol. The summed E-state index contributed by atoms with van der Waals surface area (Å²) in [5.74, 6) is 1.81. The lowest BCUT2D eigenvalue weighted by Gasteiger charge is -2.46. The Balaban J connectivity index is 0.909. The Morgan fingerprint density at radius 3 is 1.83 bits per heavy atom. The largest absolute Gasteiger partial charge is 0.256 e. The van der Waals surface area contributed by atoms with Crippen molar-refractivity contribution in [2.45, 2.75) is 42.9 Å². The number of hydrogen-bond acceptors (Lipinski definition) is 4. The highest BCUT2D eigenvalue weighted by atomic mass is 15.2. The summed E-state index contributed by atoms with van der Waals surface area (Å²) in [5, 5.41) is 12.1. The highest BCUT2D eigenvalue weighted by Crippen LogP contribution is 2.64. The first kappa shape index (κ1) is 36.6. The van der Waals surface area contributed by atoms with Crippen molar-refractivity contribution in [2.24, 2.45) is 0 Å². The van der Waals surface area contributed by atoms with Gasteiger partial charge in [-0.15, -0.1) is 10.2 Å². The average molecular weight is 831 g/mol. The minimum atomic E-state index is -0.427. The molecule has 0 radical (unpaired) electrons. The normalized spacial score (nSPS) is 17.3. The molecule has 4 aliphatic rings. The molecule has 4 aliphatic carbocycles. The number of benzene rings is 8. The van der Waals surface area contributed by atoms with E-state index in [0.29, 0.717) is 23.4 Å². The van der Waals surface area contributed by atoms with Crippen LogP contribution in [0.1, 0.15) is 76.6 Å². The van der Waals surface area contributed by atoms with Gasteiger partial charge in [-0.25, -0.2) is 4.98 Å². The molecule has 1 saturated carbocycles. The summed E-state index contributed by atoms with van der Waals surface area (Å²) in [5.41, 5.74) is 21.9. The average Bonchev–Trinajstić information content (AvgIpc) is 4.13. The molecule has 2 heterocycles. The lowest BCUT2D eigenvalue weighted by atomic mass is 9.55. The second-order valence-corrected chi connectivity index (χ2v) is 18.9. The van der Waals surface area contributed by atoms with E-state index in [2.05, 4.69) is 202 Å². The Morgan fingerprint density at radius 1 is 0.431 bits per heavy atom. The molecule has 306 valence electrons. The molecular formula is C61H42N4. The van der Waals surface area contributed by atoms with Gasteiger partial charge in [-0.3, -0.25) is 4.98 Å². The Kier molecular flexibility index (Phi) is 7.53. The van der Waals surface area contributed by atoms with Gasteiger partial charge in [0.05, 0.1) is 11.1 Å². The van der Waals surface area contributed by atoms with Crippen molar-refractivity contribution in [3.8, 4) is 67.4 Å². The Bertz CT molecular complexity index is 3590. The molecule has 0 N–H and O–H groups in total. The number of nitrogens with zero attached hydrogens (tertiary/aromatic N) is 4. The van der Waals surface area contributed by atoms with E-state index in [1.54, 1.807) is 0 Å². The molecule has 2 aromatic heterocycles. The molecule has 4 heteroatoms. The lowest BCUT2D eigenvalue weighted by molar-refractivity contribution is 0.563. The standard InChI is InChI=1S/C61H42N4/c1-60(2)52-24-11-12-25-53(52)61(50-22-9-7-19-44(50)45-20-8-10-23-51(45)61)54-30-27-37(33-55(54)60)56-31-28-39(35-62-56)58-57(63-59(65-64-58)46-21-13-15-36-14-3-4-16-40(36)46)38-26-29-43-47(32-38)41-17-5-6-18-42(41)48-34-49(43)48/h3-33,35,48-49H,34H2,1-2H3. The fourth-order valence-electron chi connectivity index (χ4n) is 12.2. The van der Waals surface area contributed by atoms with Crippen LogP contribution in [0.3, 0.4) is 0 Å². The van der Waals surface area contributed by atoms with Crippen LogP contribution in [0.25, 0.3) is 78.2 Å². The van der Waals surface area contributed by atoms with Gasteiger partial charge in [-0.1, -0.05) is 178 Å². The summed E-state index contributed by atoms with van der Waals surface area (Å²) in [7, 11) is 0. The Morgan fingerprint density at radius 2 is 1.05 bits per heavy atom. The van der Waals surface area contributed by atoms with Crippen molar-refractivity contribution < 1.29 is 0 Å². The third-order valence-electron chi connectivity index (χ3n) is 15.3. The smallest absolute Gasteiger partial charge is 0.182 e. The zero-order valence-electron chi connectivity index (χ0n) is 36.1. The minimum Gasteiger partial charge on any atom is -0.256 e. The van der Waals surface area contributed by atoms with Gasteiger partial charge < -0.3 is 0 Å². The predicted molar refractivity (Wildman–Crippen MR) is 262 cm³/mol. The zero-order valence-corrected chi connectivity index (χ0v) is 36.1. The van der Waals surface area contributed by atoms with Crippen molar-refractivity contribution in [1.29, 1.82) is 0 Å². The maximum absolute atomic E-state index is 5.40. The number of fused-ring (bicyclic) bond motifs is 16. The maximum Gasteiger partial charge on any atom is 0.182 e. The molecular weight excluding hydrogens is 789 g/mol. The molecule has 4 nitrogen and oxygen atoms in total. The molecule has 0 aliphatic heterocycles. The first-order valence-corrected chi connectivity index (χ1v) is 22.9. The number of pyridine rings is 1. The summed E-state index contributed by atoms with van der Waals surface area (Å²) in [6.07, 6.45) is 3.17. The van der Waals surface area contributed by atoms with Crippen LogP contribution in [-0.2, 0) is 10.8 Å². The SMILES string of the molecule is CC1(C)c2ccccc2C2(c3ccccc3-c3ccccc32)c2ccc(-c3ccc(-c4nnc(-c5cccc6ccccc56)nc4-c4ccc5c(c4)-c4ccccc4C4CC54)cn3)cc21. The van der Waals surface area contributed by atoms with Crippen LogP contribution in [0.15, 0.2) is 194 Å². The van der Waals surface area contributed by atoms with E-state index < -0.39 is 5.41 Å². The Hall–Kier alpha value is -7.82. The van der Waals surface area contributed by atoms with E-state index in [1.165, 1.54) is 73.2 Å². The first-order chi connectivity index (χ1) is 32.0. The fraction of sp³-hybridized carbons (Fsp3) is 0.115. The van der Waals surface area contributed by atoms with Crippen LogP contribution in [0.2, 0.25) is 0 Å². The second kappa shape index (κ2) is 13.4. The molecule has 2 atom stereocenters. The molecule has 1 spiro atoms. The van der Waals surface area contributed by atoms with E-state index in [4.69, 9.17) is 20.2 Å². The summed E-state index contributed by atoms with van der Waals surface area (Å²) in [4.78, 5) is 10.6. The van der Waals surface area contributed by atoms with Crippen LogP contribution in [0.5, 0.6) is 0 Å². The fourth-order valence-corrected chi connectivity index (χ4v) is 12.2. The highest BCUT2D eigenvalue weighted by Gasteiger charge is 2.53. The van der Waals surface area contributed by atoms with Crippen LogP contribution < -0.4 is 0 Å². The van der Waals surface area contributed by atoms with E-state index in [0.717, 1.165) is 44.4 Å². The molecule has 14 rings (SSSR count). The molecule has 65 heavy (non-hydrogen) atoms. The molecule has 8 aromatic carbocycles. The molecule has 1 fully saturated rings. The van der Waals surface area contributed by atoms with Crippen LogP contribution >= 0.6 is 0 Å². The topological polar surface area (TPSA) is 51.6 Å². The van der Waals surface area contributed by atoms with Crippen molar-refractivity contribution in [2.75, 3.05) is 0 Å². The maximum atomic E-state index is 5.40. The number of aromatic nitrogens is 4. The minimum absolute atomic E-state index is 0.253. The van der Waals surface area contributed by atoms with Gasteiger partial charge in [0.15, 0.2) is 5.82 Å². The van der Waals surface area contributed by atoms with Crippen molar-refractivity contribution in [1.82, 2.24) is 20.2 Å². The summed E-state index contributed by atoms with van der Waals surface area (Å²) in [6.45, 7) is 4.75. The van der Waals surface area contributed by atoms with Crippen LogP contribution in [0, 0.1) is 0 Å². The summed E-state index contributed by atoms with van der Waals surface area (Å²) < 4.78 is 0. The Labute approximate surface area is 378 Å². The van der Waals surface area contributed by atoms with E-state index >= 15 is 0 Å². The third kappa shape index (κ3) is 5.08. The zero-order chi connectivity index (χ0) is 43.0. The van der Waals surface area contributed by atoms with Crippen molar-refractivity contribution in [3.05, 3.63) is 239 Å². The van der Waals surface area contributed by atoms with Crippen LogP contribution in [0.4, 0.5) is 0 Å². The summed E-state index contributed by atoms with van der Waals surface area (Å²) >= 11 is 0. The lowest BCUT2D eigenvalue weighted by Crippen LogP contribution is -2.40. The van der Waals surface area contributed by atoms with E-state index in [9.17, 15) is 0 Å². The van der Waals surface area contributed by atoms with Crippen molar-refractivity contribution in [3.63, 3.8) is 0 Å².